The van der Waals surface area contributed by atoms with Crippen LogP contribution in [-0.4, -0.2) is 24.4 Å². The zero-order chi connectivity index (χ0) is 25.7. The molecule has 0 N–H and O–H groups in total. The van der Waals surface area contributed by atoms with Crippen molar-refractivity contribution in [2.24, 2.45) is 0 Å². The number of hydrogen-bond acceptors (Lipinski definition) is 6. The first-order valence-electron chi connectivity index (χ1n) is 12.7. The van der Waals surface area contributed by atoms with Crippen molar-refractivity contribution in [1.82, 2.24) is 0 Å². The van der Waals surface area contributed by atoms with Crippen LogP contribution in [0.2, 0.25) is 5.02 Å². The Bertz CT molecular complexity index is 985. The quantitative estimate of drug-likeness (QED) is 0.0864. The molecule has 1 amide bonds. The fourth-order valence-corrected chi connectivity index (χ4v) is 6.82. The first kappa shape index (κ1) is 33.9. The van der Waals surface area contributed by atoms with Crippen LogP contribution in [0.25, 0.3) is 0 Å². The summed E-state index contributed by atoms with van der Waals surface area (Å²) in [5.41, 5.74) is 0.188. The van der Waals surface area contributed by atoms with E-state index in [9.17, 15) is 18.3 Å². The number of thiocarbonyl (C=S) groups is 1. The molecule has 0 aromatic heterocycles. The number of hydrogen-bond donors (Lipinski definition) is 0. The summed E-state index contributed by atoms with van der Waals surface area (Å²) in [6.45, 7) is 2.25. The number of thioether (sulfide) groups is 1. The molecule has 5 nitrogen and oxygen atoms in total. The Morgan fingerprint density at radius 2 is 1.44 bits per heavy atom. The third kappa shape index (κ3) is 11.0. The van der Waals surface area contributed by atoms with Gasteiger partial charge in [-0.05, 0) is 36.4 Å². The summed E-state index contributed by atoms with van der Waals surface area (Å²) < 4.78 is 25.7. The molecule has 0 aliphatic carbocycles. The van der Waals surface area contributed by atoms with Crippen LogP contribution in [0.1, 0.15) is 96.8 Å². The number of nitrogens with zero attached hydrogens (tertiary/aromatic N) is 1. The number of carbonyl (C=O) groups is 1. The second-order valence-corrected chi connectivity index (χ2v) is 12.9. The van der Waals surface area contributed by atoms with Crippen LogP contribution in [0, 0.1) is 0 Å². The van der Waals surface area contributed by atoms with Gasteiger partial charge in [0.15, 0.2) is 9.84 Å². The molecule has 0 spiro atoms. The van der Waals surface area contributed by atoms with Crippen LogP contribution in [0.15, 0.2) is 34.3 Å². The SMILES string of the molecule is CCCCCCCCCCCCCCCCS(=O)(=O)c1ccc(Cl)c(N2C(=O)S/C(=C/[O-])C2=S)c1.[Na+]. The van der Waals surface area contributed by atoms with Crippen LogP contribution in [0.5, 0.6) is 0 Å². The van der Waals surface area contributed by atoms with Crippen LogP contribution in [0.3, 0.4) is 0 Å². The van der Waals surface area contributed by atoms with E-state index in [1.54, 1.807) is 0 Å². The van der Waals surface area contributed by atoms with E-state index >= 15 is 0 Å². The largest absolute Gasteiger partial charge is 1.00 e. The predicted molar refractivity (Wildman–Crippen MR) is 150 cm³/mol. The van der Waals surface area contributed by atoms with E-state index in [1.165, 1.54) is 82.4 Å². The van der Waals surface area contributed by atoms with E-state index < -0.39 is 15.1 Å². The van der Waals surface area contributed by atoms with Crippen LogP contribution in [0.4, 0.5) is 10.5 Å². The van der Waals surface area contributed by atoms with Gasteiger partial charge in [-0.15, -0.1) is 6.26 Å². The van der Waals surface area contributed by atoms with Crippen molar-refractivity contribution in [3.05, 3.63) is 34.4 Å². The van der Waals surface area contributed by atoms with Crippen molar-refractivity contribution in [3.8, 4) is 0 Å². The fraction of sp³-hybridized carbons (Fsp3) is 0.615. The van der Waals surface area contributed by atoms with Crippen molar-refractivity contribution in [1.29, 1.82) is 0 Å². The monoisotopic (exact) mass is 581 g/mol. The molecule has 0 atom stereocenters. The molecule has 1 saturated heterocycles. The van der Waals surface area contributed by atoms with Gasteiger partial charge in [0, 0.05) is 4.91 Å². The molecular formula is C26H37ClNNaO4S3. The van der Waals surface area contributed by atoms with E-state index in [0.29, 0.717) is 24.4 Å². The summed E-state index contributed by atoms with van der Waals surface area (Å²) in [7, 11) is -3.52. The maximum absolute atomic E-state index is 12.9. The molecule has 0 unspecified atom stereocenters. The molecule has 1 fully saturated rings. The average molecular weight is 582 g/mol. The molecular weight excluding hydrogens is 545 g/mol. The van der Waals surface area contributed by atoms with Gasteiger partial charge >= 0.3 is 29.6 Å². The summed E-state index contributed by atoms with van der Waals surface area (Å²) >= 11 is 12.1. The van der Waals surface area contributed by atoms with Gasteiger partial charge in [-0.1, -0.05) is 114 Å². The summed E-state index contributed by atoms with van der Waals surface area (Å²) in [4.78, 5) is 13.7. The zero-order valence-corrected chi connectivity index (χ0v) is 26.8. The van der Waals surface area contributed by atoms with Crippen molar-refractivity contribution < 1.29 is 47.9 Å². The van der Waals surface area contributed by atoms with Gasteiger partial charge in [-0.2, -0.15) is 0 Å². The third-order valence-corrected chi connectivity index (χ3v) is 9.70. The normalized spacial score (nSPS) is 15.1. The summed E-state index contributed by atoms with van der Waals surface area (Å²) in [6, 6.07) is 4.28. The predicted octanol–water partition coefficient (Wildman–Crippen LogP) is 4.80. The minimum Gasteiger partial charge on any atom is -0.877 e. The van der Waals surface area contributed by atoms with E-state index in [-0.39, 0.29) is 60.8 Å². The number of rotatable bonds is 17. The number of anilines is 1. The Hall–Kier alpha value is -0.0900. The van der Waals surface area contributed by atoms with E-state index in [4.69, 9.17) is 23.8 Å². The first-order chi connectivity index (χ1) is 16.8. The van der Waals surface area contributed by atoms with Gasteiger partial charge in [0.2, 0.25) is 0 Å². The third-order valence-electron chi connectivity index (χ3n) is 6.18. The van der Waals surface area contributed by atoms with E-state index in [0.717, 1.165) is 24.2 Å². The molecule has 1 aliphatic rings. The summed E-state index contributed by atoms with van der Waals surface area (Å²) in [5.74, 6) is 0.0466. The standard InChI is InChI=1S/C26H38ClNO4S3.Na/c1-2-3-4-5-6-7-8-9-10-11-12-13-14-15-18-35(31,32)21-16-17-22(27)23(19-21)28-25(33)24(20-29)34-26(28)30;/h16-17,19-20,29H,2-15,18H2,1H3;/q;+1/p-1/b24-20+;. The van der Waals surface area contributed by atoms with Gasteiger partial charge in [-0.3, -0.25) is 9.69 Å². The van der Waals surface area contributed by atoms with Crippen molar-refractivity contribution in [2.45, 2.75) is 102 Å². The molecule has 36 heavy (non-hydrogen) atoms. The van der Waals surface area contributed by atoms with Crippen LogP contribution in [-0.2, 0) is 9.84 Å². The Kier molecular flexibility index (Phi) is 17.2. The number of halogens is 1. The van der Waals surface area contributed by atoms with Crippen LogP contribution < -0.4 is 39.6 Å². The summed E-state index contributed by atoms with van der Waals surface area (Å²) in [6.07, 6.45) is 17.4. The molecule has 1 aromatic carbocycles. The number of unbranched alkanes of at least 4 members (excludes halogenated alkanes) is 13. The minimum absolute atomic E-state index is 0. The Labute approximate surface area is 254 Å². The Morgan fingerprint density at radius 3 is 1.92 bits per heavy atom. The Morgan fingerprint density at radius 1 is 0.944 bits per heavy atom. The number of carbonyl (C=O) groups excluding carboxylic acids is 1. The summed E-state index contributed by atoms with van der Waals surface area (Å²) in [5, 5.41) is 10.8. The maximum atomic E-state index is 12.9. The number of sulfone groups is 1. The van der Waals surface area contributed by atoms with Gasteiger partial charge in [0.1, 0.15) is 4.99 Å². The maximum Gasteiger partial charge on any atom is 1.00 e. The number of benzene rings is 1. The van der Waals surface area contributed by atoms with Crippen molar-refractivity contribution in [2.75, 3.05) is 10.7 Å². The van der Waals surface area contributed by atoms with Crippen molar-refractivity contribution in [3.63, 3.8) is 0 Å². The molecule has 2 rings (SSSR count). The molecule has 0 bridgehead atoms. The molecule has 0 saturated carbocycles. The molecule has 196 valence electrons. The second kappa shape index (κ2) is 18.2. The first-order valence-corrected chi connectivity index (χ1v) is 16.0. The van der Waals surface area contributed by atoms with Gasteiger partial charge in [0.25, 0.3) is 5.24 Å². The van der Waals surface area contributed by atoms with Crippen molar-refractivity contribution >= 4 is 61.3 Å². The molecule has 1 heterocycles. The zero-order valence-electron chi connectivity index (χ0n) is 21.6. The second-order valence-electron chi connectivity index (χ2n) is 9.02. The van der Waals surface area contributed by atoms with Gasteiger partial charge in [0.05, 0.1) is 21.4 Å². The fourth-order valence-electron chi connectivity index (χ4n) is 4.12. The molecule has 10 heteroatoms. The topological polar surface area (TPSA) is 77.5 Å². The van der Waals surface area contributed by atoms with Gasteiger partial charge in [-0.25, -0.2) is 8.42 Å². The minimum atomic E-state index is -3.52. The average Bonchev–Trinajstić information content (AvgIpc) is 3.12. The molecule has 1 aromatic rings. The van der Waals surface area contributed by atoms with E-state index in [1.807, 2.05) is 0 Å². The molecule has 1 aliphatic heterocycles. The Balaban J connectivity index is 0.00000648. The smallest absolute Gasteiger partial charge is 0.877 e. The number of amides is 1. The van der Waals surface area contributed by atoms with Gasteiger partial charge < -0.3 is 5.11 Å². The van der Waals surface area contributed by atoms with E-state index in [2.05, 4.69) is 6.92 Å². The van der Waals surface area contributed by atoms with Crippen LogP contribution >= 0.6 is 35.6 Å². The molecule has 0 radical (unpaired) electrons.